The monoisotopic (exact) mass is 210 g/mol. The number of rotatable bonds is 5. The Morgan fingerprint density at radius 2 is 1.73 bits per heavy atom. The minimum Gasteiger partial charge on any atom is -0.497 e. The molecule has 0 saturated heterocycles. The van der Waals surface area contributed by atoms with Crippen molar-refractivity contribution >= 4 is 0 Å². The van der Waals surface area contributed by atoms with Crippen LogP contribution in [0.25, 0.3) is 0 Å². The summed E-state index contributed by atoms with van der Waals surface area (Å²) in [6.45, 7) is 3.91. The van der Waals surface area contributed by atoms with Crippen LogP contribution in [0.5, 0.6) is 5.75 Å². The van der Waals surface area contributed by atoms with E-state index in [-0.39, 0.29) is 5.92 Å². The van der Waals surface area contributed by atoms with Crippen molar-refractivity contribution in [3.63, 3.8) is 0 Å². The standard InChI is InChI=1S/C13H19FO/c1-4-12(13(14)5-2)10-6-8-11(15-3)9-7-10/h6-9,12-13H,4-5H2,1-3H3. The molecule has 0 bridgehead atoms. The molecule has 1 nitrogen and oxygen atoms in total. The highest BCUT2D eigenvalue weighted by Gasteiger charge is 2.19. The Labute approximate surface area is 91.3 Å². The summed E-state index contributed by atoms with van der Waals surface area (Å²) in [4.78, 5) is 0. The van der Waals surface area contributed by atoms with E-state index in [0.29, 0.717) is 6.42 Å². The molecule has 1 rings (SSSR count). The molecule has 0 spiro atoms. The van der Waals surface area contributed by atoms with E-state index in [1.165, 1.54) is 0 Å². The average Bonchev–Trinajstić information content (AvgIpc) is 2.30. The maximum atomic E-state index is 13.6. The molecule has 0 aliphatic rings. The summed E-state index contributed by atoms with van der Waals surface area (Å²) < 4.78 is 18.7. The minimum absolute atomic E-state index is 0.0147. The van der Waals surface area contributed by atoms with E-state index in [1.54, 1.807) is 7.11 Å². The van der Waals surface area contributed by atoms with Crippen LogP contribution in [-0.4, -0.2) is 13.3 Å². The third kappa shape index (κ3) is 2.95. The van der Waals surface area contributed by atoms with Crippen molar-refractivity contribution in [2.45, 2.75) is 38.8 Å². The van der Waals surface area contributed by atoms with Gasteiger partial charge in [-0.25, -0.2) is 4.39 Å². The van der Waals surface area contributed by atoms with Crippen molar-refractivity contribution in [2.24, 2.45) is 0 Å². The molecule has 2 unspecified atom stereocenters. The molecular weight excluding hydrogens is 191 g/mol. The molecular formula is C13H19FO. The molecule has 1 aromatic carbocycles. The van der Waals surface area contributed by atoms with Crippen molar-refractivity contribution in [1.29, 1.82) is 0 Å². The van der Waals surface area contributed by atoms with Gasteiger partial charge in [-0.05, 0) is 30.5 Å². The Morgan fingerprint density at radius 1 is 1.13 bits per heavy atom. The fourth-order valence-corrected chi connectivity index (χ4v) is 1.84. The molecule has 0 radical (unpaired) electrons. The summed E-state index contributed by atoms with van der Waals surface area (Å²) in [6.07, 6.45) is 0.662. The Kier molecular flexibility index (Phi) is 4.60. The molecule has 0 heterocycles. The fraction of sp³-hybridized carbons (Fsp3) is 0.538. The van der Waals surface area contributed by atoms with E-state index >= 15 is 0 Å². The largest absolute Gasteiger partial charge is 0.497 e. The zero-order valence-electron chi connectivity index (χ0n) is 9.66. The molecule has 0 aliphatic heterocycles. The molecule has 84 valence electrons. The SMILES string of the molecule is CCC(F)C(CC)c1ccc(OC)cc1. The summed E-state index contributed by atoms with van der Waals surface area (Å²) in [5.74, 6) is 0.835. The zero-order chi connectivity index (χ0) is 11.3. The lowest BCUT2D eigenvalue weighted by Gasteiger charge is -2.19. The molecule has 0 N–H and O–H groups in total. The molecule has 15 heavy (non-hydrogen) atoms. The number of methoxy groups -OCH3 is 1. The number of benzene rings is 1. The highest BCUT2D eigenvalue weighted by Crippen LogP contribution is 2.28. The van der Waals surface area contributed by atoms with Gasteiger partial charge in [0.05, 0.1) is 7.11 Å². The third-order valence-corrected chi connectivity index (χ3v) is 2.81. The van der Waals surface area contributed by atoms with Crippen LogP contribution in [0.4, 0.5) is 4.39 Å². The van der Waals surface area contributed by atoms with Gasteiger partial charge in [-0.3, -0.25) is 0 Å². The summed E-state index contributed by atoms with van der Waals surface area (Å²) in [5, 5.41) is 0. The van der Waals surface area contributed by atoms with Gasteiger partial charge in [0.25, 0.3) is 0 Å². The number of ether oxygens (including phenoxy) is 1. The first-order valence-electron chi connectivity index (χ1n) is 5.50. The van der Waals surface area contributed by atoms with Crippen LogP contribution in [0.15, 0.2) is 24.3 Å². The van der Waals surface area contributed by atoms with E-state index in [1.807, 2.05) is 38.1 Å². The molecule has 0 aliphatic carbocycles. The topological polar surface area (TPSA) is 9.23 Å². The van der Waals surface area contributed by atoms with E-state index in [2.05, 4.69) is 0 Å². The summed E-state index contributed by atoms with van der Waals surface area (Å²) >= 11 is 0. The number of alkyl halides is 1. The Hall–Kier alpha value is -1.05. The molecule has 0 aromatic heterocycles. The Balaban J connectivity index is 2.83. The van der Waals surface area contributed by atoms with Crippen molar-refractivity contribution in [3.05, 3.63) is 29.8 Å². The molecule has 1 aromatic rings. The van der Waals surface area contributed by atoms with Crippen molar-refractivity contribution in [3.8, 4) is 5.75 Å². The van der Waals surface area contributed by atoms with Gasteiger partial charge in [-0.15, -0.1) is 0 Å². The molecule has 0 amide bonds. The van der Waals surface area contributed by atoms with E-state index in [9.17, 15) is 4.39 Å². The van der Waals surface area contributed by atoms with Gasteiger partial charge < -0.3 is 4.74 Å². The van der Waals surface area contributed by atoms with Gasteiger partial charge in [0.1, 0.15) is 11.9 Å². The lowest BCUT2D eigenvalue weighted by atomic mass is 9.90. The lowest BCUT2D eigenvalue weighted by Crippen LogP contribution is -2.12. The van der Waals surface area contributed by atoms with Gasteiger partial charge in [0.2, 0.25) is 0 Å². The number of halogens is 1. The van der Waals surface area contributed by atoms with Crippen molar-refractivity contribution in [1.82, 2.24) is 0 Å². The first kappa shape index (κ1) is 12.0. The van der Waals surface area contributed by atoms with Gasteiger partial charge in [0.15, 0.2) is 0 Å². The molecule has 0 fully saturated rings. The molecule has 2 heteroatoms. The second kappa shape index (κ2) is 5.74. The first-order chi connectivity index (χ1) is 7.22. The fourth-order valence-electron chi connectivity index (χ4n) is 1.84. The highest BCUT2D eigenvalue weighted by molar-refractivity contribution is 5.29. The van der Waals surface area contributed by atoms with Crippen molar-refractivity contribution in [2.75, 3.05) is 7.11 Å². The van der Waals surface area contributed by atoms with Crippen LogP contribution in [-0.2, 0) is 0 Å². The predicted molar refractivity (Wildman–Crippen MR) is 61.2 cm³/mol. The smallest absolute Gasteiger partial charge is 0.118 e. The highest BCUT2D eigenvalue weighted by atomic mass is 19.1. The lowest BCUT2D eigenvalue weighted by molar-refractivity contribution is 0.268. The third-order valence-electron chi connectivity index (χ3n) is 2.81. The van der Waals surface area contributed by atoms with Crippen LogP contribution in [0.1, 0.15) is 38.2 Å². The minimum atomic E-state index is -0.747. The van der Waals surface area contributed by atoms with Gasteiger partial charge in [0, 0.05) is 5.92 Å². The van der Waals surface area contributed by atoms with E-state index in [4.69, 9.17) is 4.74 Å². The van der Waals surface area contributed by atoms with Crippen LogP contribution in [0.2, 0.25) is 0 Å². The first-order valence-corrected chi connectivity index (χ1v) is 5.50. The van der Waals surface area contributed by atoms with Gasteiger partial charge in [-0.1, -0.05) is 26.0 Å². The quantitative estimate of drug-likeness (QED) is 0.715. The second-order valence-electron chi connectivity index (χ2n) is 3.71. The predicted octanol–water partition coefficient (Wildman–Crippen LogP) is 3.94. The van der Waals surface area contributed by atoms with Gasteiger partial charge in [-0.2, -0.15) is 0 Å². The second-order valence-corrected chi connectivity index (χ2v) is 3.71. The number of hydrogen-bond donors (Lipinski definition) is 0. The molecule has 0 saturated carbocycles. The van der Waals surface area contributed by atoms with E-state index in [0.717, 1.165) is 17.7 Å². The summed E-state index contributed by atoms with van der Waals surface area (Å²) in [6, 6.07) is 7.69. The normalized spacial score (nSPS) is 14.7. The summed E-state index contributed by atoms with van der Waals surface area (Å²) in [7, 11) is 1.64. The van der Waals surface area contributed by atoms with Crippen molar-refractivity contribution < 1.29 is 9.13 Å². The average molecular weight is 210 g/mol. The van der Waals surface area contributed by atoms with E-state index < -0.39 is 6.17 Å². The summed E-state index contributed by atoms with van der Waals surface area (Å²) in [5.41, 5.74) is 1.06. The maximum absolute atomic E-state index is 13.6. The maximum Gasteiger partial charge on any atom is 0.118 e. The van der Waals surface area contributed by atoms with Crippen LogP contribution in [0, 0.1) is 0 Å². The van der Waals surface area contributed by atoms with Crippen LogP contribution >= 0.6 is 0 Å². The van der Waals surface area contributed by atoms with Crippen LogP contribution < -0.4 is 4.74 Å². The number of hydrogen-bond acceptors (Lipinski definition) is 1. The van der Waals surface area contributed by atoms with Gasteiger partial charge >= 0.3 is 0 Å². The zero-order valence-corrected chi connectivity index (χ0v) is 9.66. The Bertz CT molecular complexity index is 281. The Morgan fingerprint density at radius 3 is 2.13 bits per heavy atom. The van der Waals surface area contributed by atoms with Crippen LogP contribution in [0.3, 0.4) is 0 Å². The molecule has 2 atom stereocenters.